The van der Waals surface area contributed by atoms with E-state index in [1.807, 2.05) is 49.4 Å². The molecule has 0 saturated carbocycles. The van der Waals surface area contributed by atoms with Gasteiger partial charge in [0, 0.05) is 29.2 Å². The van der Waals surface area contributed by atoms with Crippen LogP contribution in [0.15, 0.2) is 48.7 Å². The first-order valence-corrected chi connectivity index (χ1v) is 9.75. The molecule has 28 heavy (non-hydrogen) atoms. The average Bonchev–Trinajstić information content (AvgIpc) is 3.34. The number of nitrogens with zero attached hydrogens (tertiary/aromatic N) is 1. The number of likely N-dealkylation sites (tertiary alicyclic amines) is 1. The molecule has 146 valence electrons. The molecule has 0 bridgehead atoms. The molecule has 0 radical (unpaired) electrons. The summed E-state index contributed by atoms with van der Waals surface area (Å²) in [7, 11) is 1.64. The van der Waals surface area contributed by atoms with Crippen LogP contribution >= 0.6 is 0 Å². The van der Waals surface area contributed by atoms with Crippen molar-refractivity contribution in [3.05, 3.63) is 65.4 Å². The maximum atomic E-state index is 13.4. The molecule has 2 atom stereocenters. The lowest BCUT2D eigenvalue weighted by Crippen LogP contribution is -2.38. The number of hydrogen-bond acceptors (Lipinski definition) is 4. The molecule has 2 heterocycles. The molecule has 5 heteroatoms. The quantitative estimate of drug-likeness (QED) is 0.639. The minimum absolute atomic E-state index is 0.106. The Hall–Kier alpha value is -2.63. The maximum Gasteiger partial charge on any atom is 0.182 e. The van der Waals surface area contributed by atoms with Crippen molar-refractivity contribution in [2.75, 3.05) is 20.2 Å². The number of Topliss-reactive ketones (excluding diaryl/α,β-unsaturated/α-hetero) is 1. The number of aromatic nitrogens is 1. The number of β-amino-alcohol motifs (C(OH)–C–C–N with tert-alkyl or cyclic N) is 1. The highest BCUT2D eigenvalue weighted by Gasteiger charge is 2.33. The number of benzene rings is 2. The molecule has 1 aliphatic heterocycles. The molecular formula is C23H26N2O3. The first-order valence-electron chi connectivity index (χ1n) is 9.75. The summed E-state index contributed by atoms with van der Waals surface area (Å²) in [4.78, 5) is 18.7. The van der Waals surface area contributed by atoms with Crippen molar-refractivity contribution in [2.24, 2.45) is 0 Å². The molecule has 5 nitrogen and oxygen atoms in total. The van der Waals surface area contributed by atoms with Crippen LogP contribution in [0.3, 0.4) is 0 Å². The second-order valence-corrected chi connectivity index (χ2v) is 7.51. The van der Waals surface area contributed by atoms with Gasteiger partial charge >= 0.3 is 0 Å². The summed E-state index contributed by atoms with van der Waals surface area (Å²) in [6, 6.07) is 13.4. The van der Waals surface area contributed by atoms with E-state index in [0.717, 1.165) is 47.2 Å². The predicted octanol–water partition coefficient (Wildman–Crippen LogP) is 3.87. The molecule has 2 aromatic carbocycles. The monoisotopic (exact) mass is 378 g/mol. The molecule has 0 aliphatic carbocycles. The summed E-state index contributed by atoms with van der Waals surface area (Å²) in [6.45, 7) is 3.28. The van der Waals surface area contributed by atoms with E-state index in [1.54, 1.807) is 13.3 Å². The van der Waals surface area contributed by atoms with Gasteiger partial charge in [-0.15, -0.1) is 0 Å². The molecule has 3 aromatic rings. The highest BCUT2D eigenvalue weighted by molar-refractivity contribution is 6.10. The summed E-state index contributed by atoms with van der Waals surface area (Å²) in [5, 5.41) is 11.5. The van der Waals surface area contributed by atoms with Gasteiger partial charge in [0.25, 0.3) is 0 Å². The van der Waals surface area contributed by atoms with Crippen molar-refractivity contribution in [3.63, 3.8) is 0 Å². The molecule has 1 aliphatic rings. The third kappa shape index (κ3) is 3.43. The zero-order chi connectivity index (χ0) is 19.7. The van der Waals surface area contributed by atoms with Crippen LogP contribution in [-0.4, -0.2) is 47.0 Å². The number of hydrogen-bond donors (Lipinski definition) is 2. The second kappa shape index (κ2) is 7.78. The number of nitrogens with one attached hydrogen (secondary N) is 1. The fourth-order valence-corrected chi connectivity index (χ4v) is 4.21. The number of ketones is 1. The molecule has 1 fully saturated rings. The zero-order valence-electron chi connectivity index (χ0n) is 16.3. The van der Waals surface area contributed by atoms with Crippen LogP contribution in [0, 0.1) is 6.92 Å². The largest absolute Gasteiger partial charge is 0.496 e. The summed E-state index contributed by atoms with van der Waals surface area (Å²) in [5.74, 6) is 0.888. The van der Waals surface area contributed by atoms with Gasteiger partial charge in [-0.05, 0) is 49.6 Å². The van der Waals surface area contributed by atoms with E-state index in [0.29, 0.717) is 12.1 Å². The van der Waals surface area contributed by atoms with Crippen molar-refractivity contribution in [1.29, 1.82) is 0 Å². The molecule has 4 rings (SSSR count). The van der Waals surface area contributed by atoms with Gasteiger partial charge in [-0.1, -0.05) is 30.3 Å². The predicted molar refractivity (Wildman–Crippen MR) is 110 cm³/mol. The van der Waals surface area contributed by atoms with Gasteiger partial charge in [0.15, 0.2) is 5.78 Å². The number of aliphatic hydroxyl groups excluding tert-OH is 1. The van der Waals surface area contributed by atoms with Crippen molar-refractivity contribution < 1.29 is 14.6 Å². The number of methoxy groups -OCH3 is 1. The minimum Gasteiger partial charge on any atom is -0.496 e. The number of ether oxygens (including phenoxy) is 1. The number of aliphatic hydroxyl groups is 1. The Labute approximate surface area is 164 Å². The third-order valence-electron chi connectivity index (χ3n) is 5.72. The van der Waals surface area contributed by atoms with E-state index in [-0.39, 0.29) is 11.8 Å². The van der Waals surface area contributed by atoms with E-state index in [4.69, 9.17) is 4.74 Å². The van der Waals surface area contributed by atoms with Crippen LogP contribution in [-0.2, 0) is 0 Å². The van der Waals surface area contributed by atoms with Gasteiger partial charge in [0.2, 0.25) is 0 Å². The first-order chi connectivity index (χ1) is 13.6. The Kier molecular flexibility index (Phi) is 5.20. The van der Waals surface area contributed by atoms with Crippen LogP contribution in [0.5, 0.6) is 5.75 Å². The van der Waals surface area contributed by atoms with Crippen molar-refractivity contribution in [1.82, 2.24) is 9.88 Å². The van der Waals surface area contributed by atoms with E-state index < -0.39 is 6.10 Å². The van der Waals surface area contributed by atoms with E-state index in [9.17, 15) is 9.90 Å². The number of aromatic amines is 1. The van der Waals surface area contributed by atoms with Crippen LogP contribution in [0.25, 0.3) is 10.9 Å². The Morgan fingerprint density at radius 2 is 2.11 bits per heavy atom. The number of carbonyl (C=O) groups excluding carboxylic acids is 1. The summed E-state index contributed by atoms with van der Waals surface area (Å²) in [6.07, 6.45) is 2.98. The van der Waals surface area contributed by atoms with Crippen LogP contribution in [0.2, 0.25) is 0 Å². The highest BCUT2D eigenvalue weighted by Crippen LogP contribution is 2.31. The van der Waals surface area contributed by atoms with Gasteiger partial charge < -0.3 is 14.8 Å². The summed E-state index contributed by atoms with van der Waals surface area (Å²) in [5.41, 5.74) is 3.55. The van der Waals surface area contributed by atoms with Gasteiger partial charge in [-0.3, -0.25) is 9.69 Å². The van der Waals surface area contributed by atoms with Crippen LogP contribution in [0.1, 0.15) is 40.4 Å². The Balaban J connectivity index is 1.58. The Morgan fingerprint density at radius 3 is 2.86 bits per heavy atom. The topological polar surface area (TPSA) is 65.6 Å². The lowest BCUT2D eigenvalue weighted by atomic mass is 10.00. The van der Waals surface area contributed by atoms with Crippen molar-refractivity contribution >= 4 is 16.7 Å². The van der Waals surface area contributed by atoms with Crippen molar-refractivity contribution in [3.8, 4) is 5.75 Å². The fourth-order valence-electron chi connectivity index (χ4n) is 4.21. The molecule has 2 N–H and O–H groups in total. The maximum absolute atomic E-state index is 13.4. The summed E-state index contributed by atoms with van der Waals surface area (Å²) < 4.78 is 5.44. The Morgan fingerprint density at radius 1 is 1.32 bits per heavy atom. The number of carbonyl (C=O) groups is 1. The smallest absolute Gasteiger partial charge is 0.182 e. The van der Waals surface area contributed by atoms with Gasteiger partial charge in [-0.2, -0.15) is 0 Å². The minimum atomic E-state index is -0.597. The molecule has 1 saturated heterocycles. The van der Waals surface area contributed by atoms with E-state index in [2.05, 4.69) is 9.88 Å². The van der Waals surface area contributed by atoms with E-state index in [1.165, 1.54) is 0 Å². The van der Waals surface area contributed by atoms with Gasteiger partial charge in [0.05, 0.1) is 19.3 Å². The van der Waals surface area contributed by atoms with Crippen LogP contribution < -0.4 is 4.74 Å². The first kappa shape index (κ1) is 18.7. The Bertz CT molecular complexity index is 980. The fraction of sp³-hybridized carbons (Fsp3) is 0.348. The molecular weight excluding hydrogens is 352 g/mol. The molecule has 0 amide bonds. The lowest BCUT2D eigenvalue weighted by molar-refractivity contribution is 0.0758. The number of fused-ring (bicyclic) bond motifs is 1. The standard InChI is InChI=1S/C23H26N2O3/c1-15-11-19-17(12-22(15)28-2)18(13-24-19)23(27)20-9-6-10-25(20)14-21(26)16-7-4-3-5-8-16/h3-5,7-8,11-13,20-21,24,26H,6,9-10,14H2,1-2H3/t20-,21?/m1/s1. The molecule has 1 unspecified atom stereocenters. The van der Waals surface area contributed by atoms with Crippen molar-refractivity contribution in [2.45, 2.75) is 31.9 Å². The third-order valence-corrected chi connectivity index (χ3v) is 5.72. The molecule has 0 spiro atoms. The normalized spacial score (nSPS) is 18.5. The zero-order valence-corrected chi connectivity index (χ0v) is 16.3. The number of aryl methyl sites for hydroxylation is 1. The van der Waals surface area contributed by atoms with E-state index >= 15 is 0 Å². The second-order valence-electron chi connectivity index (χ2n) is 7.51. The van der Waals surface area contributed by atoms with Crippen LogP contribution in [0.4, 0.5) is 0 Å². The highest BCUT2D eigenvalue weighted by atomic mass is 16.5. The van der Waals surface area contributed by atoms with Gasteiger partial charge in [0.1, 0.15) is 5.75 Å². The molecule has 1 aromatic heterocycles. The lowest BCUT2D eigenvalue weighted by Gasteiger charge is -2.26. The summed E-state index contributed by atoms with van der Waals surface area (Å²) >= 11 is 0. The average molecular weight is 378 g/mol. The SMILES string of the molecule is COc1cc2c(C(=O)[C@H]3CCCN3CC(O)c3ccccc3)c[nH]c2cc1C. The number of H-pyrrole nitrogens is 1. The van der Waals surface area contributed by atoms with Gasteiger partial charge in [-0.25, -0.2) is 0 Å². The number of rotatable bonds is 6.